The third kappa shape index (κ3) is 3.67. The van der Waals surface area contributed by atoms with Crippen molar-refractivity contribution < 1.29 is 4.79 Å². The molecule has 0 atom stereocenters. The molecule has 0 aliphatic carbocycles. The molecule has 2 heterocycles. The number of rotatable bonds is 3. The van der Waals surface area contributed by atoms with Crippen molar-refractivity contribution in [3.8, 4) is 6.07 Å². The Kier molecular flexibility index (Phi) is 4.68. The van der Waals surface area contributed by atoms with Crippen LogP contribution in [0, 0.1) is 11.3 Å². The van der Waals surface area contributed by atoms with Gasteiger partial charge in [-0.25, -0.2) is 9.97 Å². The number of hydrogen-bond acceptors (Lipinski definition) is 6. The van der Waals surface area contributed by atoms with Crippen LogP contribution in [0.25, 0.3) is 0 Å². The zero-order valence-corrected chi connectivity index (χ0v) is 13.4. The van der Waals surface area contributed by atoms with Crippen molar-refractivity contribution in [2.24, 2.45) is 0 Å². The van der Waals surface area contributed by atoms with Gasteiger partial charge in [0.1, 0.15) is 5.69 Å². The van der Waals surface area contributed by atoms with Gasteiger partial charge in [-0.1, -0.05) is 6.07 Å². The number of nitrogens with zero attached hydrogens (tertiary/aromatic N) is 5. The van der Waals surface area contributed by atoms with Gasteiger partial charge in [-0.3, -0.25) is 4.79 Å². The molecular formula is C17H18N6O. The Balaban J connectivity index is 1.74. The van der Waals surface area contributed by atoms with E-state index in [2.05, 4.69) is 26.3 Å². The SMILES string of the molecule is CN1CCN(C(=O)c2ccnc(Nc3cccc(C#N)c3)n2)CC1. The van der Waals surface area contributed by atoms with E-state index in [1.165, 1.54) is 0 Å². The third-order valence-electron chi connectivity index (χ3n) is 3.91. The second kappa shape index (κ2) is 7.06. The average Bonchev–Trinajstić information content (AvgIpc) is 2.62. The molecule has 1 amide bonds. The van der Waals surface area contributed by atoms with Crippen LogP contribution in [0.15, 0.2) is 36.5 Å². The van der Waals surface area contributed by atoms with E-state index in [-0.39, 0.29) is 5.91 Å². The Bertz CT molecular complexity index is 777. The summed E-state index contributed by atoms with van der Waals surface area (Å²) >= 11 is 0. The van der Waals surface area contributed by atoms with Gasteiger partial charge >= 0.3 is 0 Å². The van der Waals surface area contributed by atoms with Crippen LogP contribution in [0.3, 0.4) is 0 Å². The topological polar surface area (TPSA) is 85.1 Å². The fraction of sp³-hybridized carbons (Fsp3) is 0.294. The minimum atomic E-state index is -0.0840. The van der Waals surface area contributed by atoms with E-state index >= 15 is 0 Å². The lowest BCUT2D eigenvalue weighted by molar-refractivity contribution is 0.0658. The largest absolute Gasteiger partial charge is 0.335 e. The predicted molar refractivity (Wildman–Crippen MR) is 89.9 cm³/mol. The van der Waals surface area contributed by atoms with Gasteiger partial charge in [-0.05, 0) is 31.3 Å². The third-order valence-corrected chi connectivity index (χ3v) is 3.91. The molecule has 0 spiro atoms. The number of anilines is 2. The van der Waals surface area contributed by atoms with Crippen LogP contribution in [-0.4, -0.2) is 58.9 Å². The maximum absolute atomic E-state index is 12.6. The van der Waals surface area contributed by atoms with E-state index in [4.69, 9.17) is 5.26 Å². The molecule has 1 aliphatic rings. The summed E-state index contributed by atoms with van der Waals surface area (Å²) in [6.45, 7) is 3.13. The minimum Gasteiger partial charge on any atom is -0.335 e. The first kappa shape index (κ1) is 15.9. The molecule has 0 unspecified atom stereocenters. The Morgan fingerprint density at radius 2 is 2.04 bits per heavy atom. The molecule has 122 valence electrons. The summed E-state index contributed by atoms with van der Waals surface area (Å²) in [5.41, 5.74) is 1.62. The highest BCUT2D eigenvalue weighted by Crippen LogP contribution is 2.15. The Morgan fingerprint density at radius 1 is 1.25 bits per heavy atom. The van der Waals surface area contributed by atoms with Crippen molar-refractivity contribution in [2.75, 3.05) is 38.5 Å². The molecule has 24 heavy (non-hydrogen) atoms. The first-order chi connectivity index (χ1) is 11.7. The van der Waals surface area contributed by atoms with Gasteiger partial charge in [0, 0.05) is 38.1 Å². The lowest BCUT2D eigenvalue weighted by atomic mass is 10.2. The molecule has 1 fully saturated rings. The van der Waals surface area contributed by atoms with Crippen LogP contribution in [0.2, 0.25) is 0 Å². The zero-order valence-electron chi connectivity index (χ0n) is 13.4. The van der Waals surface area contributed by atoms with Crippen LogP contribution >= 0.6 is 0 Å². The molecule has 1 aromatic carbocycles. The summed E-state index contributed by atoms with van der Waals surface area (Å²) in [5, 5.41) is 12.0. The number of likely N-dealkylation sites (N-methyl/N-ethyl adjacent to an activating group) is 1. The summed E-state index contributed by atoms with van der Waals surface area (Å²) in [6.07, 6.45) is 1.56. The van der Waals surface area contributed by atoms with Gasteiger partial charge in [-0.2, -0.15) is 5.26 Å². The number of benzene rings is 1. The smallest absolute Gasteiger partial charge is 0.272 e. The second-order valence-electron chi connectivity index (χ2n) is 5.68. The van der Waals surface area contributed by atoms with Crippen LogP contribution in [-0.2, 0) is 0 Å². The zero-order chi connectivity index (χ0) is 16.9. The van der Waals surface area contributed by atoms with Crippen molar-refractivity contribution in [2.45, 2.75) is 0 Å². The van der Waals surface area contributed by atoms with Gasteiger partial charge in [-0.15, -0.1) is 0 Å². The molecule has 1 aromatic heterocycles. The van der Waals surface area contributed by atoms with Crippen molar-refractivity contribution in [1.82, 2.24) is 19.8 Å². The number of hydrogen-bond donors (Lipinski definition) is 1. The molecule has 1 saturated heterocycles. The molecule has 7 heteroatoms. The van der Waals surface area contributed by atoms with Gasteiger partial charge in [0.15, 0.2) is 0 Å². The first-order valence-corrected chi connectivity index (χ1v) is 7.74. The number of carbonyl (C=O) groups is 1. The Morgan fingerprint density at radius 3 is 2.79 bits per heavy atom. The van der Waals surface area contributed by atoms with Gasteiger partial charge in [0.05, 0.1) is 11.6 Å². The fourth-order valence-electron chi connectivity index (χ4n) is 2.51. The normalized spacial score (nSPS) is 14.9. The van der Waals surface area contributed by atoms with E-state index in [9.17, 15) is 4.79 Å². The summed E-state index contributed by atoms with van der Waals surface area (Å²) in [5.74, 6) is 0.254. The molecule has 1 N–H and O–H groups in total. The number of nitrogens with one attached hydrogen (secondary N) is 1. The van der Waals surface area contributed by atoms with E-state index in [0.717, 1.165) is 13.1 Å². The fourth-order valence-corrected chi connectivity index (χ4v) is 2.51. The van der Waals surface area contributed by atoms with Gasteiger partial charge in [0.25, 0.3) is 5.91 Å². The summed E-state index contributed by atoms with van der Waals surface area (Å²) in [7, 11) is 2.05. The number of nitriles is 1. The van der Waals surface area contributed by atoms with E-state index in [1.807, 2.05) is 18.0 Å². The maximum atomic E-state index is 12.6. The highest BCUT2D eigenvalue weighted by atomic mass is 16.2. The van der Waals surface area contributed by atoms with Crippen molar-refractivity contribution in [1.29, 1.82) is 5.26 Å². The van der Waals surface area contributed by atoms with E-state index in [0.29, 0.717) is 36.0 Å². The van der Waals surface area contributed by atoms with Gasteiger partial charge < -0.3 is 15.1 Å². The predicted octanol–water partition coefficient (Wildman–Crippen LogP) is 1.48. The Labute approximate surface area is 140 Å². The highest BCUT2D eigenvalue weighted by Gasteiger charge is 2.21. The number of amides is 1. The van der Waals surface area contributed by atoms with E-state index in [1.54, 1.807) is 30.5 Å². The summed E-state index contributed by atoms with van der Waals surface area (Å²) in [4.78, 5) is 25.0. The highest BCUT2D eigenvalue weighted by molar-refractivity contribution is 5.92. The molecule has 0 radical (unpaired) electrons. The Hall–Kier alpha value is -2.98. The molecule has 2 aromatic rings. The first-order valence-electron chi connectivity index (χ1n) is 7.74. The lowest BCUT2D eigenvalue weighted by Crippen LogP contribution is -2.47. The van der Waals surface area contributed by atoms with E-state index < -0.39 is 0 Å². The number of piperazine rings is 1. The molecule has 0 saturated carbocycles. The van der Waals surface area contributed by atoms with Crippen LogP contribution in [0.5, 0.6) is 0 Å². The molecule has 0 bridgehead atoms. The van der Waals surface area contributed by atoms with Crippen LogP contribution in [0.1, 0.15) is 16.1 Å². The monoisotopic (exact) mass is 322 g/mol. The van der Waals surface area contributed by atoms with Crippen molar-refractivity contribution in [3.05, 3.63) is 47.8 Å². The molecule has 7 nitrogen and oxygen atoms in total. The number of carbonyl (C=O) groups excluding carboxylic acids is 1. The summed E-state index contributed by atoms with van der Waals surface area (Å²) < 4.78 is 0. The summed E-state index contributed by atoms with van der Waals surface area (Å²) in [6, 6.07) is 10.7. The molecule has 3 rings (SSSR count). The minimum absolute atomic E-state index is 0.0840. The maximum Gasteiger partial charge on any atom is 0.272 e. The lowest BCUT2D eigenvalue weighted by Gasteiger charge is -2.32. The van der Waals surface area contributed by atoms with Crippen LogP contribution in [0.4, 0.5) is 11.6 Å². The van der Waals surface area contributed by atoms with Crippen molar-refractivity contribution >= 4 is 17.5 Å². The standard InChI is InChI=1S/C17H18N6O/c1-22-7-9-23(10-8-22)16(24)15-5-6-19-17(21-15)20-14-4-2-3-13(11-14)12-18/h2-6,11H,7-10H2,1H3,(H,19,20,21). The molecular weight excluding hydrogens is 304 g/mol. The molecule has 1 aliphatic heterocycles. The second-order valence-corrected chi connectivity index (χ2v) is 5.68. The van der Waals surface area contributed by atoms with Crippen LogP contribution < -0.4 is 5.32 Å². The number of aromatic nitrogens is 2. The van der Waals surface area contributed by atoms with Gasteiger partial charge in [0.2, 0.25) is 5.95 Å². The quantitative estimate of drug-likeness (QED) is 0.921. The average molecular weight is 322 g/mol. The van der Waals surface area contributed by atoms with Crippen molar-refractivity contribution in [3.63, 3.8) is 0 Å².